The first-order valence-electron chi connectivity index (χ1n) is 5.99. The molecule has 1 saturated carbocycles. The first-order chi connectivity index (χ1) is 7.84. The number of rotatable bonds is 3. The van der Waals surface area contributed by atoms with Crippen molar-refractivity contribution in [2.24, 2.45) is 0 Å². The van der Waals surface area contributed by atoms with Crippen LogP contribution in [-0.2, 0) is 10.2 Å². The van der Waals surface area contributed by atoms with Crippen molar-refractivity contribution in [3.8, 4) is 0 Å². The van der Waals surface area contributed by atoms with E-state index >= 15 is 0 Å². The van der Waals surface area contributed by atoms with Gasteiger partial charge in [-0.1, -0.05) is 12.8 Å². The second-order valence-electron chi connectivity index (χ2n) is 4.99. The van der Waals surface area contributed by atoms with E-state index in [1.54, 1.807) is 11.3 Å². The van der Waals surface area contributed by atoms with Gasteiger partial charge in [-0.25, -0.2) is 4.98 Å². The quantitative estimate of drug-likeness (QED) is 0.878. The maximum Gasteiger partial charge on any atom is 0.106 e. The third kappa shape index (κ3) is 1.60. The summed E-state index contributed by atoms with van der Waals surface area (Å²) in [5, 5.41) is 12.7. The summed E-state index contributed by atoms with van der Waals surface area (Å²) in [5.41, 5.74) is 1.07. The smallest absolute Gasteiger partial charge is 0.106 e. The van der Waals surface area contributed by atoms with Gasteiger partial charge in [0.05, 0.1) is 30.9 Å². The summed E-state index contributed by atoms with van der Waals surface area (Å²) in [6.45, 7) is 1.41. The monoisotopic (exact) mass is 239 g/mol. The Hall–Kier alpha value is -0.450. The van der Waals surface area contributed by atoms with E-state index in [4.69, 9.17) is 9.72 Å². The van der Waals surface area contributed by atoms with E-state index in [-0.39, 0.29) is 12.0 Å². The fourth-order valence-electron chi connectivity index (χ4n) is 2.57. The fourth-order valence-corrected chi connectivity index (χ4v) is 3.64. The Morgan fingerprint density at radius 2 is 2.19 bits per heavy atom. The zero-order valence-corrected chi connectivity index (χ0v) is 10.1. The van der Waals surface area contributed by atoms with Crippen molar-refractivity contribution in [2.75, 3.05) is 19.8 Å². The zero-order chi connectivity index (χ0) is 11.0. The van der Waals surface area contributed by atoms with Crippen molar-refractivity contribution >= 4 is 11.3 Å². The van der Waals surface area contributed by atoms with Crippen LogP contribution in [0.15, 0.2) is 5.38 Å². The van der Waals surface area contributed by atoms with Gasteiger partial charge < -0.3 is 9.84 Å². The predicted molar refractivity (Wildman–Crippen MR) is 62.9 cm³/mol. The summed E-state index contributed by atoms with van der Waals surface area (Å²) in [7, 11) is 0. The molecule has 0 atom stereocenters. The highest BCUT2D eigenvalue weighted by Gasteiger charge is 2.42. The summed E-state index contributed by atoms with van der Waals surface area (Å²) < 4.78 is 5.22. The second-order valence-corrected chi connectivity index (χ2v) is 5.85. The van der Waals surface area contributed by atoms with Gasteiger partial charge in [-0.3, -0.25) is 0 Å². The van der Waals surface area contributed by atoms with Crippen molar-refractivity contribution < 1.29 is 9.84 Å². The standard InChI is InChI=1S/C12H17NO2S/c14-6-12(7-15-8-12)11-13-10(5-16-11)9-3-1-2-4-9/h5,9,14H,1-4,6-8H2. The Balaban J connectivity index is 1.81. The Labute approximate surface area is 99.5 Å². The molecule has 0 amide bonds. The lowest BCUT2D eigenvalue weighted by Gasteiger charge is -2.37. The molecule has 4 heteroatoms. The molecule has 1 saturated heterocycles. The molecular formula is C12H17NO2S. The number of hydrogen-bond donors (Lipinski definition) is 1. The normalized spacial score (nSPS) is 24.6. The van der Waals surface area contributed by atoms with Crippen LogP contribution < -0.4 is 0 Å². The van der Waals surface area contributed by atoms with Crippen molar-refractivity contribution in [1.82, 2.24) is 4.98 Å². The van der Waals surface area contributed by atoms with E-state index in [9.17, 15) is 5.11 Å². The van der Waals surface area contributed by atoms with Gasteiger partial charge in [-0.2, -0.15) is 0 Å². The van der Waals surface area contributed by atoms with E-state index in [1.165, 1.54) is 31.4 Å². The summed E-state index contributed by atoms with van der Waals surface area (Å²) in [6.07, 6.45) is 5.25. The van der Waals surface area contributed by atoms with Crippen molar-refractivity contribution in [3.63, 3.8) is 0 Å². The average Bonchev–Trinajstić information content (AvgIpc) is 2.86. The number of aromatic nitrogens is 1. The second kappa shape index (κ2) is 4.09. The maximum atomic E-state index is 9.45. The molecule has 2 heterocycles. The lowest BCUT2D eigenvalue weighted by atomic mass is 9.88. The molecule has 1 aliphatic heterocycles. The molecule has 0 spiro atoms. The van der Waals surface area contributed by atoms with E-state index in [0.29, 0.717) is 19.1 Å². The van der Waals surface area contributed by atoms with Crippen LogP contribution in [0.2, 0.25) is 0 Å². The molecule has 2 fully saturated rings. The zero-order valence-electron chi connectivity index (χ0n) is 9.32. The fraction of sp³-hybridized carbons (Fsp3) is 0.750. The Morgan fingerprint density at radius 3 is 2.75 bits per heavy atom. The van der Waals surface area contributed by atoms with Crippen LogP contribution in [0.4, 0.5) is 0 Å². The predicted octanol–water partition coefficient (Wildman–Crippen LogP) is 2.06. The van der Waals surface area contributed by atoms with Crippen molar-refractivity contribution in [1.29, 1.82) is 0 Å². The maximum absolute atomic E-state index is 9.45. The first kappa shape index (κ1) is 10.7. The molecule has 88 valence electrons. The van der Waals surface area contributed by atoms with Crippen molar-refractivity contribution in [2.45, 2.75) is 37.0 Å². The number of nitrogens with zero attached hydrogens (tertiary/aromatic N) is 1. The van der Waals surface area contributed by atoms with Crippen LogP contribution in [0, 0.1) is 0 Å². The summed E-state index contributed by atoms with van der Waals surface area (Å²) in [5.74, 6) is 0.668. The highest BCUT2D eigenvalue weighted by molar-refractivity contribution is 7.09. The number of hydrogen-bond acceptors (Lipinski definition) is 4. The molecule has 2 aliphatic rings. The number of ether oxygens (including phenoxy) is 1. The first-order valence-corrected chi connectivity index (χ1v) is 6.86. The molecule has 0 aromatic carbocycles. The minimum Gasteiger partial charge on any atom is -0.395 e. The van der Waals surface area contributed by atoms with Crippen LogP contribution in [-0.4, -0.2) is 29.9 Å². The average molecular weight is 239 g/mol. The number of aliphatic hydroxyl groups excluding tert-OH is 1. The highest BCUT2D eigenvalue weighted by Crippen LogP contribution is 2.39. The summed E-state index contributed by atoms with van der Waals surface area (Å²) in [4.78, 5) is 4.74. The van der Waals surface area contributed by atoms with Gasteiger partial charge in [0, 0.05) is 11.3 Å². The Bertz CT molecular complexity index is 361. The molecule has 16 heavy (non-hydrogen) atoms. The molecule has 3 rings (SSSR count). The SMILES string of the molecule is OCC1(c2nc(C3CCCC3)cs2)COC1. The largest absolute Gasteiger partial charge is 0.395 e. The van der Waals surface area contributed by atoms with Gasteiger partial charge in [0.2, 0.25) is 0 Å². The van der Waals surface area contributed by atoms with Gasteiger partial charge in [0.15, 0.2) is 0 Å². The van der Waals surface area contributed by atoms with E-state index < -0.39 is 0 Å². The van der Waals surface area contributed by atoms with Gasteiger partial charge in [0.1, 0.15) is 5.01 Å². The topological polar surface area (TPSA) is 42.4 Å². The highest BCUT2D eigenvalue weighted by atomic mass is 32.1. The molecule has 1 aromatic rings. The summed E-state index contributed by atoms with van der Waals surface area (Å²) >= 11 is 1.69. The van der Waals surface area contributed by atoms with E-state index in [2.05, 4.69) is 5.38 Å². The summed E-state index contributed by atoms with van der Waals surface area (Å²) in [6, 6.07) is 0. The Kier molecular flexibility index (Phi) is 2.73. The molecule has 1 aromatic heterocycles. The van der Waals surface area contributed by atoms with Gasteiger partial charge in [-0.05, 0) is 12.8 Å². The van der Waals surface area contributed by atoms with Crippen molar-refractivity contribution in [3.05, 3.63) is 16.1 Å². The van der Waals surface area contributed by atoms with E-state index in [1.807, 2.05) is 0 Å². The van der Waals surface area contributed by atoms with Crippen LogP contribution in [0.5, 0.6) is 0 Å². The van der Waals surface area contributed by atoms with E-state index in [0.717, 1.165) is 5.01 Å². The van der Waals surface area contributed by atoms with Gasteiger partial charge in [-0.15, -0.1) is 11.3 Å². The van der Waals surface area contributed by atoms with Crippen LogP contribution in [0.25, 0.3) is 0 Å². The lowest BCUT2D eigenvalue weighted by molar-refractivity contribution is -0.0842. The molecule has 1 aliphatic carbocycles. The van der Waals surface area contributed by atoms with Crippen LogP contribution >= 0.6 is 11.3 Å². The molecule has 0 bridgehead atoms. The molecular weight excluding hydrogens is 222 g/mol. The third-order valence-corrected chi connectivity index (χ3v) is 4.92. The molecule has 1 N–H and O–H groups in total. The minimum atomic E-state index is -0.179. The van der Waals surface area contributed by atoms with Crippen LogP contribution in [0.1, 0.15) is 42.3 Å². The van der Waals surface area contributed by atoms with Gasteiger partial charge in [0.25, 0.3) is 0 Å². The van der Waals surface area contributed by atoms with Crippen LogP contribution in [0.3, 0.4) is 0 Å². The minimum absolute atomic E-state index is 0.157. The Morgan fingerprint density at radius 1 is 1.44 bits per heavy atom. The molecule has 0 radical (unpaired) electrons. The van der Waals surface area contributed by atoms with Gasteiger partial charge >= 0.3 is 0 Å². The number of aliphatic hydroxyl groups is 1. The molecule has 0 unspecified atom stereocenters. The number of thiazole rings is 1. The molecule has 3 nitrogen and oxygen atoms in total. The lowest BCUT2D eigenvalue weighted by Crippen LogP contribution is -2.49. The third-order valence-electron chi connectivity index (χ3n) is 3.81.